The largest absolute Gasteiger partial charge is 0.387 e. The highest BCUT2D eigenvalue weighted by atomic mass is 35.5. The molecule has 0 bridgehead atoms. The summed E-state index contributed by atoms with van der Waals surface area (Å²) in [6.07, 6.45) is -0.453. The maximum atomic E-state index is 10.3. The van der Waals surface area contributed by atoms with Crippen LogP contribution in [0.25, 0.3) is 0 Å². The van der Waals surface area contributed by atoms with Crippen molar-refractivity contribution in [3.05, 3.63) is 34.9 Å². The second-order valence-corrected chi connectivity index (χ2v) is 4.96. The van der Waals surface area contributed by atoms with Crippen molar-refractivity contribution in [3.8, 4) is 0 Å². The van der Waals surface area contributed by atoms with E-state index in [1.54, 1.807) is 0 Å². The maximum Gasteiger partial charge on any atom is 0.0942 e. The molecular formula is C13H19ClN2O. The summed E-state index contributed by atoms with van der Waals surface area (Å²) in [6, 6.07) is 7.57. The fourth-order valence-electron chi connectivity index (χ4n) is 2.23. The van der Waals surface area contributed by atoms with Crippen LogP contribution in [0, 0.1) is 0 Å². The predicted octanol–water partition coefficient (Wildman–Crippen LogP) is 1.67. The Balaban J connectivity index is 2.02. The fraction of sp³-hybridized carbons (Fsp3) is 0.538. The lowest BCUT2D eigenvalue weighted by Gasteiger charge is -2.35. The van der Waals surface area contributed by atoms with E-state index in [1.165, 1.54) is 0 Å². The number of halogens is 1. The maximum absolute atomic E-state index is 10.3. The molecule has 0 saturated carbocycles. The summed E-state index contributed by atoms with van der Waals surface area (Å²) in [7, 11) is 0. The van der Waals surface area contributed by atoms with E-state index in [4.69, 9.17) is 11.6 Å². The number of benzene rings is 1. The molecule has 2 N–H and O–H groups in total. The standard InChI is InChI=1S/C13H19ClN2O/c1-10(16-8-6-15-7-9-16)13(17)11-2-4-12(14)5-3-11/h2-5,10,13,15,17H,6-9H2,1H3. The summed E-state index contributed by atoms with van der Waals surface area (Å²) in [4.78, 5) is 2.32. The second kappa shape index (κ2) is 5.83. The molecule has 1 aliphatic rings. The molecule has 1 saturated heterocycles. The highest BCUT2D eigenvalue weighted by Gasteiger charge is 2.23. The molecule has 94 valence electrons. The Morgan fingerprint density at radius 2 is 1.82 bits per heavy atom. The minimum atomic E-state index is -0.453. The quantitative estimate of drug-likeness (QED) is 0.861. The molecule has 2 atom stereocenters. The highest BCUT2D eigenvalue weighted by Crippen LogP contribution is 2.22. The normalized spacial score (nSPS) is 21.1. The van der Waals surface area contributed by atoms with Gasteiger partial charge < -0.3 is 10.4 Å². The van der Waals surface area contributed by atoms with Crippen molar-refractivity contribution >= 4 is 11.6 Å². The first kappa shape index (κ1) is 12.8. The monoisotopic (exact) mass is 254 g/mol. The number of rotatable bonds is 3. The predicted molar refractivity (Wildman–Crippen MR) is 70.3 cm³/mol. The van der Waals surface area contributed by atoms with Crippen molar-refractivity contribution < 1.29 is 5.11 Å². The lowest BCUT2D eigenvalue weighted by atomic mass is 10.0. The molecule has 0 aliphatic carbocycles. The van der Waals surface area contributed by atoms with Gasteiger partial charge in [-0.2, -0.15) is 0 Å². The van der Waals surface area contributed by atoms with Gasteiger partial charge in [-0.25, -0.2) is 0 Å². The van der Waals surface area contributed by atoms with Gasteiger partial charge in [-0.15, -0.1) is 0 Å². The summed E-state index contributed by atoms with van der Waals surface area (Å²) in [5, 5.41) is 14.3. The average Bonchev–Trinajstić information content (AvgIpc) is 2.39. The zero-order chi connectivity index (χ0) is 12.3. The van der Waals surface area contributed by atoms with Gasteiger partial charge in [0, 0.05) is 37.2 Å². The van der Waals surface area contributed by atoms with Crippen LogP contribution >= 0.6 is 11.6 Å². The SMILES string of the molecule is CC(C(O)c1ccc(Cl)cc1)N1CCNCC1. The minimum absolute atomic E-state index is 0.137. The van der Waals surface area contributed by atoms with Crippen LogP contribution in [0.15, 0.2) is 24.3 Å². The zero-order valence-corrected chi connectivity index (χ0v) is 10.8. The smallest absolute Gasteiger partial charge is 0.0942 e. The van der Waals surface area contributed by atoms with Gasteiger partial charge in [-0.05, 0) is 24.6 Å². The van der Waals surface area contributed by atoms with Crippen molar-refractivity contribution in [1.82, 2.24) is 10.2 Å². The van der Waals surface area contributed by atoms with Crippen LogP contribution in [0.2, 0.25) is 5.02 Å². The van der Waals surface area contributed by atoms with Gasteiger partial charge in [0.2, 0.25) is 0 Å². The average molecular weight is 255 g/mol. The third kappa shape index (κ3) is 3.19. The van der Waals surface area contributed by atoms with Gasteiger partial charge in [-0.1, -0.05) is 23.7 Å². The molecule has 0 spiro atoms. The molecule has 0 amide bonds. The van der Waals surface area contributed by atoms with Crippen LogP contribution in [0.3, 0.4) is 0 Å². The Morgan fingerprint density at radius 3 is 2.41 bits per heavy atom. The first-order valence-electron chi connectivity index (χ1n) is 6.07. The summed E-state index contributed by atoms with van der Waals surface area (Å²) >= 11 is 5.84. The van der Waals surface area contributed by atoms with Gasteiger partial charge in [0.1, 0.15) is 0 Å². The minimum Gasteiger partial charge on any atom is -0.387 e. The zero-order valence-electron chi connectivity index (χ0n) is 10.1. The molecule has 0 radical (unpaired) electrons. The molecule has 4 heteroatoms. The number of nitrogens with one attached hydrogen (secondary N) is 1. The first-order chi connectivity index (χ1) is 8.18. The van der Waals surface area contributed by atoms with Gasteiger partial charge in [0.15, 0.2) is 0 Å². The molecule has 2 rings (SSSR count). The van der Waals surface area contributed by atoms with Gasteiger partial charge >= 0.3 is 0 Å². The topological polar surface area (TPSA) is 35.5 Å². The van der Waals surface area contributed by atoms with E-state index in [2.05, 4.69) is 17.1 Å². The van der Waals surface area contributed by atoms with Crippen molar-refractivity contribution in [2.75, 3.05) is 26.2 Å². The molecule has 0 aromatic heterocycles. The molecule has 1 aromatic rings. The highest BCUT2D eigenvalue weighted by molar-refractivity contribution is 6.30. The fourth-order valence-corrected chi connectivity index (χ4v) is 2.35. The third-order valence-electron chi connectivity index (χ3n) is 3.40. The Morgan fingerprint density at radius 1 is 1.24 bits per heavy atom. The second-order valence-electron chi connectivity index (χ2n) is 4.52. The van der Waals surface area contributed by atoms with E-state index in [0.717, 1.165) is 31.7 Å². The van der Waals surface area contributed by atoms with E-state index in [0.29, 0.717) is 5.02 Å². The van der Waals surface area contributed by atoms with E-state index in [1.807, 2.05) is 24.3 Å². The third-order valence-corrected chi connectivity index (χ3v) is 3.65. The van der Waals surface area contributed by atoms with Gasteiger partial charge in [0.05, 0.1) is 6.10 Å². The van der Waals surface area contributed by atoms with Crippen molar-refractivity contribution in [2.24, 2.45) is 0 Å². The van der Waals surface area contributed by atoms with Crippen LogP contribution in [0.1, 0.15) is 18.6 Å². The van der Waals surface area contributed by atoms with E-state index in [9.17, 15) is 5.11 Å². The van der Waals surface area contributed by atoms with E-state index >= 15 is 0 Å². The Labute approximate surface area is 107 Å². The molecule has 1 heterocycles. The van der Waals surface area contributed by atoms with Gasteiger partial charge in [-0.3, -0.25) is 4.90 Å². The van der Waals surface area contributed by atoms with E-state index in [-0.39, 0.29) is 6.04 Å². The molecule has 2 unspecified atom stereocenters. The van der Waals surface area contributed by atoms with Crippen molar-refractivity contribution in [1.29, 1.82) is 0 Å². The first-order valence-corrected chi connectivity index (χ1v) is 6.44. The number of aliphatic hydroxyl groups excluding tert-OH is 1. The van der Waals surface area contributed by atoms with Crippen LogP contribution in [0.4, 0.5) is 0 Å². The number of hydrogen-bond acceptors (Lipinski definition) is 3. The van der Waals surface area contributed by atoms with Crippen LogP contribution in [-0.2, 0) is 0 Å². The lowest BCUT2D eigenvalue weighted by Crippen LogP contribution is -2.49. The Kier molecular flexibility index (Phi) is 4.40. The number of piperazine rings is 1. The lowest BCUT2D eigenvalue weighted by molar-refractivity contribution is 0.0510. The summed E-state index contributed by atoms with van der Waals surface area (Å²) < 4.78 is 0. The van der Waals surface area contributed by atoms with Crippen molar-refractivity contribution in [2.45, 2.75) is 19.1 Å². The van der Waals surface area contributed by atoms with E-state index < -0.39 is 6.10 Å². The number of hydrogen-bond donors (Lipinski definition) is 2. The molecular weight excluding hydrogens is 236 g/mol. The Hall–Kier alpha value is -0.610. The van der Waals surface area contributed by atoms with Gasteiger partial charge in [0.25, 0.3) is 0 Å². The van der Waals surface area contributed by atoms with Crippen LogP contribution in [0.5, 0.6) is 0 Å². The molecule has 3 nitrogen and oxygen atoms in total. The summed E-state index contributed by atoms with van der Waals surface area (Å²) in [6.45, 7) is 6.05. The van der Waals surface area contributed by atoms with Crippen LogP contribution in [-0.4, -0.2) is 42.2 Å². The van der Waals surface area contributed by atoms with Crippen LogP contribution < -0.4 is 5.32 Å². The number of nitrogens with zero attached hydrogens (tertiary/aromatic N) is 1. The number of aliphatic hydroxyl groups is 1. The summed E-state index contributed by atoms with van der Waals surface area (Å²) in [5.74, 6) is 0. The molecule has 1 aliphatic heterocycles. The molecule has 1 aromatic carbocycles. The summed E-state index contributed by atoms with van der Waals surface area (Å²) in [5.41, 5.74) is 0.931. The van der Waals surface area contributed by atoms with Crippen molar-refractivity contribution in [3.63, 3.8) is 0 Å². The Bertz CT molecular complexity index is 349. The molecule has 1 fully saturated rings. The molecule has 17 heavy (non-hydrogen) atoms.